The van der Waals surface area contributed by atoms with Crippen LogP contribution in [0.1, 0.15) is 18.1 Å². The van der Waals surface area contributed by atoms with E-state index in [0.717, 1.165) is 22.6 Å². The van der Waals surface area contributed by atoms with Gasteiger partial charge in [0, 0.05) is 18.7 Å². The number of rotatable bonds is 7. The predicted molar refractivity (Wildman–Crippen MR) is 111 cm³/mol. The van der Waals surface area contributed by atoms with E-state index in [4.69, 9.17) is 9.47 Å². The van der Waals surface area contributed by atoms with Gasteiger partial charge in [-0.3, -0.25) is 9.89 Å². The number of H-pyrrole nitrogens is 1. The lowest BCUT2D eigenvalue weighted by molar-refractivity contribution is -0.128. The minimum Gasteiger partial charge on any atom is -0.454 e. The number of hydrogen-bond acceptors (Lipinski definition) is 6. The van der Waals surface area contributed by atoms with Crippen molar-refractivity contribution in [3.63, 3.8) is 0 Å². The molecule has 0 saturated heterocycles. The van der Waals surface area contributed by atoms with Gasteiger partial charge in [-0.15, -0.1) is 5.10 Å². The second-order valence-corrected chi connectivity index (χ2v) is 7.66. The molecular weight excluding hydrogens is 388 g/mol. The Morgan fingerprint density at radius 2 is 1.97 bits per heavy atom. The number of fused-ring (bicyclic) bond motifs is 1. The quantitative estimate of drug-likeness (QED) is 0.599. The molecule has 4 rings (SSSR count). The van der Waals surface area contributed by atoms with Gasteiger partial charge in [0.1, 0.15) is 0 Å². The molecule has 0 radical (unpaired) electrons. The average Bonchev–Trinajstić information content (AvgIpc) is 3.40. The zero-order valence-electron chi connectivity index (χ0n) is 16.3. The summed E-state index contributed by atoms with van der Waals surface area (Å²) in [5, 5.41) is 7.72. The van der Waals surface area contributed by atoms with Gasteiger partial charge in [-0.25, -0.2) is 4.98 Å². The zero-order valence-corrected chi connectivity index (χ0v) is 17.2. The fraction of sp³-hybridized carbons (Fsp3) is 0.286. The largest absolute Gasteiger partial charge is 0.454 e. The maximum absolute atomic E-state index is 12.7. The van der Waals surface area contributed by atoms with Gasteiger partial charge < -0.3 is 14.4 Å². The third-order valence-electron chi connectivity index (χ3n) is 4.66. The van der Waals surface area contributed by atoms with E-state index >= 15 is 0 Å². The molecule has 1 aliphatic rings. The molecule has 29 heavy (non-hydrogen) atoms. The third-order valence-corrected chi connectivity index (χ3v) is 5.49. The summed E-state index contributed by atoms with van der Waals surface area (Å²) in [6, 6.07) is 13.8. The first-order valence-electron chi connectivity index (χ1n) is 9.41. The molecule has 1 aliphatic heterocycles. The summed E-state index contributed by atoms with van der Waals surface area (Å²) in [6.07, 6.45) is 0. The molecule has 3 aromatic rings. The summed E-state index contributed by atoms with van der Waals surface area (Å²) < 4.78 is 10.8. The van der Waals surface area contributed by atoms with Crippen molar-refractivity contribution >= 4 is 17.7 Å². The van der Waals surface area contributed by atoms with Crippen LogP contribution in [0.3, 0.4) is 0 Å². The van der Waals surface area contributed by atoms with Gasteiger partial charge in [-0.05, 0) is 31.5 Å². The first-order valence-corrected chi connectivity index (χ1v) is 10.4. The SMILES string of the molecule is CCN(Cc1ccc2c(c1)OCO2)C(=O)CSc1n[nH]c(-c2ccc(C)cc2)n1. The lowest BCUT2D eigenvalue weighted by Crippen LogP contribution is -2.31. The minimum absolute atomic E-state index is 0.0388. The molecule has 0 bridgehead atoms. The Hall–Kier alpha value is -3.00. The third kappa shape index (κ3) is 4.54. The number of carbonyl (C=O) groups excluding carboxylic acids is 1. The summed E-state index contributed by atoms with van der Waals surface area (Å²) in [7, 11) is 0. The number of aryl methyl sites for hydroxylation is 1. The number of carbonyl (C=O) groups is 1. The second kappa shape index (κ2) is 8.57. The normalized spacial score (nSPS) is 12.2. The molecule has 8 heteroatoms. The van der Waals surface area contributed by atoms with Crippen molar-refractivity contribution in [2.75, 3.05) is 19.1 Å². The van der Waals surface area contributed by atoms with E-state index in [-0.39, 0.29) is 18.5 Å². The van der Waals surface area contributed by atoms with Crippen LogP contribution in [0.5, 0.6) is 11.5 Å². The molecule has 1 N–H and O–H groups in total. The van der Waals surface area contributed by atoms with Gasteiger partial charge in [0.15, 0.2) is 17.3 Å². The summed E-state index contributed by atoms with van der Waals surface area (Å²) in [4.78, 5) is 19.0. The predicted octanol–water partition coefficient (Wildman–Crippen LogP) is 3.65. The molecule has 2 aromatic carbocycles. The maximum Gasteiger partial charge on any atom is 0.233 e. The van der Waals surface area contributed by atoms with E-state index in [1.54, 1.807) is 4.90 Å². The summed E-state index contributed by atoms with van der Waals surface area (Å²) in [5.41, 5.74) is 3.17. The van der Waals surface area contributed by atoms with Crippen LogP contribution < -0.4 is 9.47 Å². The lowest BCUT2D eigenvalue weighted by atomic mass is 10.1. The highest BCUT2D eigenvalue weighted by atomic mass is 32.2. The van der Waals surface area contributed by atoms with Gasteiger partial charge in [0.05, 0.1) is 5.75 Å². The van der Waals surface area contributed by atoms with Crippen molar-refractivity contribution in [1.29, 1.82) is 0 Å². The lowest BCUT2D eigenvalue weighted by Gasteiger charge is -2.20. The summed E-state index contributed by atoms with van der Waals surface area (Å²) >= 11 is 1.33. The minimum atomic E-state index is 0.0388. The molecule has 0 aliphatic carbocycles. The van der Waals surface area contributed by atoms with Crippen molar-refractivity contribution in [2.24, 2.45) is 0 Å². The van der Waals surface area contributed by atoms with E-state index < -0.39 is 0 Å². The first-order chi connectivity index (χ1) is 14.1. The van der Waals surface area contributed by atoms with Crippen LogP contribution in [0, 0.1) is 6.92 Å². The number of ether oxygens (including phenoxy) is 2. The van der Waals surface area contributed by atoms with Gasteiger partial charge in [0.2, 0.25) is 17.9 Å². The number of benzene rings is 2. The number of amides is 1. The first kappa shape index (κ1) is 19.3. The molecule has 7 nitrogen and oxygen atoms in total. The monoisotopic (exact) mass is 410 g/mol. The van der Waals surface area contributed by atoms with Crippen molar-refractivity contribution in [3.8, 4) is 22.9 Å². The van der Waals surface area contributed by atoms with E-state index in [9.17, 15) is 4.79 Å². The Morgan fingerprint density at radius 3 is 2.76 bits per heavy atom. The van der Waals surface area contributed by atoms with Crippen molar-refractivity contribution in [1.82, 2.24) is 20.1 Å². The Morgan fingerprint density at radius 1 is 1.17 bits per heavy atom. The highest BCUT2D eigenvalue weighted by molar-refractivity contribution is 7.99. The number of hydrogen-bond donors (Lipinski definition) is 1. The fourth-order valence-electron chi connectivity index (χ4n) is 3.01. The maximum atomic E-state index is 12.7. The average molecular weight is 410 g/mol. The molecule has 150 valence electrons. The summed E-state index contributed by atoms with van der Waals surface area (Å²) in [6.45, 7) is 5.40. The highest BCUT2D eigenvalue weighted by Crippen LogP contribution is 2.32. The van der Waals surface area contributed by atoms with Crippen LogP contribution in [0.4, 0.5) is 0 Å². The van der Waals surface area contributed by atoms with E-state index in [1.165, 1.54) is 17.3 Å². The Labute approximate surface area is 173 Å². The fourth-order valence-corrected chi connectivity index (χ4v) is 3.71. The van der Waals surface area contributed by atoms with Gasteiger partial charge in [-0.1, -0.05) is 47.7 Å². The molecule has 0 unspecified atom stereocenters. The van der Waals surface area contributed by atoms with Crippen LogP contribution in [0.2, 0.25) is 0 Å². The Balaban J connectivity index is 1.35. The number of thioether (sulfide) groups is 1. The summed E-state index contributed by atoms with van der Waals surface area (Å²) in [5.74, 6) is 2.49. The van der Waals surface area contributed by atoms with Crippen molar-refractivity contribution in [2.45, 2.75) is 25.5 Å². The molecular formula is C21H22N4O3S. The van der Waals surface area contributed by atoms with Crippen LogP contribution in [0.25, 0.3) is 11.4 Å². The van der Waals surface area contributed by atoms with E-state index in [0.29, 0.717) is 24.1 Å². The van der Waals surface area contributed by atoms with Crippen LogP contribution in [0.15, 0.2) is 47.6 Å². The Kier molecular flexibility index (Phi) is 5.71. The molecule has 0 atom stereocenters. The molecule has 0 spiro atoms. The molecule has 1 aromatic heterocycles. The molecule has 2 heterocycles. The number of nitrogens with zero attached hydrogens (tertiary/aromatic N) is 3. The number of aromatic nitrogens is 3. The van der Waals surface area contributed by atoms with Gasteiger partial charge in [0.25, 0.3) is 0 Å². The van der Waals surface area contributed by atoms with Crippen molar-refractivity contribution in [3.05, 3.63) is 53.6 Å². The zero-order chi connectivity index (χ0) is 20.2. The second-order valence-electron chi connectivity index (χ2n) is 6.72. The Bertz CT molecular complexity index is 1000. The van der Waals surface area contributed by atoms with Gasteiger partial charge in [-0.2, -0.15) is 0 Å². The van der Waals surface area contributed by atoms with Crippen LogP contribution in [-0.4, -0.2) is 45.1 Å². The standard InChI is InChI=1S/C21H22N4O3S/c1-3-25(11-15-6-9-17-18(10-15)28-13-27-17)19(26)12-29-21-22-20(23-24-21)16-7-4-14(2)5-8-16/h4-10H,3,11-13H2,1-2H3,(H,22,23,24). The van der Waals surface area contributed by atoms with E-state index in [1.807, 2.05) is 56.3 Å². The smallest absolute Gasteiger partial charge is 0.233 e. The molecule has 0 fully saturated rings. The number of aromatic amines is 1. The van der Waals surface area contributed by atoms with Crippen molar-refractivity contribution < 1.29 is 14.3 Å². The molecule has 1 amide bonds. The topological polar surface area (TPSA) is 80.3 Å². The number of nitrogens with one attached hydrogen (secondary N) is 1. The van der Waals surface area contributed by atoms with E-state index in [2.05, 4.69) is 15.2 Å². The van der Waals surface area contributed by atoms with Crippen LogP contribution in [-0.2, 0) is 11.3 Å². The molecule has 0 saturated carbocycles. The van der Waals surface area contributed by atoms with Gasteiger partial charge >= 0.3 is 0 Å². The van der Waals surface area contributed by atoms with Crippen LogP contribution >= 0.6 is 11.8 Å². The highest BCUT2D eigenvalue weighted by Gasteiger charge is 2.17.